The third kappa shape index (κ3) is 2.94. The summed E-state index contributed by atoms with van der Waals surface area (Å²) in [6.07, 6.45) is 0. The molecule has 7 nitrogen and oxygen atoms in total. The molecule has 2 aromatic rings. The van der Waals surface area contributed by atoms with Gasteiger partial charge in [-0.3, -0.25) is 10.1 Å². The Labute approximate surface area is 125 Å². The van der Waals surface area contributed by atoms with Gasteiger partial charge in [-0.1, -0.05) is 25.2 Å². The standard InChI is InChI=1S/C13H15N3O4S/c1-7(2)12-14-15-13(21-12)8-5-10(19-3)11(20-4)6-9(8)16(17)18/h5-7H,1-4H3. The Morgan fingerprint density at radius 1 is 1.19 bits per heavy atom. The van der Waals surface area contributed by atoms with E-state index >= 15 is 0 Å². The molecule has 0 N–H and O–H groups in total. The summed E-state index contributed by atoms with van der Waals surface area (Å²) in [5, 5.41) is 20.7. The largest absolute Gasteiger partial charge is 0.493 e. The lowest BCUT2D eigenvalue weighted by Gasteiger charge is -2.09. The molecule has 1 heterocycles. The van der Waals surface area contributed by atoms with Crippen LogP contribution in [0.2, 0.25) is 0 Å². The normalized spacial score (nSPS) is 10.7. The van der Waals surface area contributed by atoms with Crippen molar-refractivity contribution in [1.29, 1.82) is 0 Å². The number of benzene rings is 1. The minimum Gasteiger partial charge on any atom is -0.493 e. The summed E-state index contributed by atoms with van der Waals surface area (Å²) in [7, 11) is 2.91. The highest BCUT2D eigenvalue weighted by atomic mass is 32.1. The maximum atomic E-state index is 11.3. The zero-order chi connectivity index (χ0) is 15.6. The Hall–Kier alpha value is -2.22. The van der Waals surface area contributed by atoms with Crippen LogP contribution in [0.5, 0.6) is 11.5 Å². The lowest BCUT2D eigenvalue weighted by molar-refractivity contribution is -0.384. The lowest BCUT2D eigenvalue weighted by Crippen LogP contribution is -1.96. The van der Waals surface area contributed by atoms with Gasteiger partial charge in [0.25, 0.3) is 5.69 Å². The molecule has 0 fully saturated rings. The van der Waals surface area contributed by atoms with Crippen LogP contribution in [0.1, 0.15) is 24.8 Å². The van der Waals surface area contributed by atoms with Gasteiger partial charge in [0.15, 0.2) is 16.5 Å². The highest BCUT2D eigenvalue weighted by Crippen LogP contribution is 2.41. The number of nitrogens with zero attached hydrogens (tertiary/aromatic N) is 3. The summed E-state index contributed by atoms with van der Waals surface area (Å²) in [4.78, 5) is 10.8. The van der Waals surface area contributed by atoms with Crippen LogP contribution in [0.3, 0.4) is 0 Å². The number of hydrogen-bond acceptors (Lipinski definition) is 7. The van der Waals surface area contributed by atoms with Crippen LogP contribution < -0.4 is 9.47 Å². The van der Waals surface area contributed by atoms with Crippen molar-refractivity contribution >= 4 is 17.0 Å². The van der Waals surface area contributed by atoms with Crippen molar-refractivity contribution in [3.8, 4) is 22.1 Å². The molecule has 0 bridgehead atoms. The molecule has 0 radical (unpaired) electrons. The first kappa shape index (κ1) is 15.2. The number of nitro groups is 1. The fraction of sp³-hybridized carbons (Fsp3) is 0.385. The number of nitro benzene ring substituents is 1. The second-order valence-electron chi connectivity index (χ2n) is 4.58. The highest BCUT2D eigenvalue weighted by Gasteiger charge is 2.23. The van der Waals surface area contributed by atoms with Crippen LogP contribution >= 0.6 is 11.3 Å². The van der Waals surface area contributed by atoms with Gasteiger partial charge >= 0.3 is 0 Å². The molecule has 21 heavy (non-hydrogen) atoms. The molecule has 0 spiro atoms. The molecule has 0 atom stereocenters. The van der Waals surface area contributed by atoms with Crippen molar-refractivity contribution in [2.75, 3.05) is 14.2 Å². The number of aromatic nitrogens is 2. The van der Waals surface area contributed by atoms with E-state index in [4.69, 9.17) is 9.47 Å². The Kier molecular flexibility index (Phi) is 4.37. The van der Waals surface area contributed by atoms with Crippen molar-refractivity contribution in [2.24, 2.45) is 0 Å². The van der Waals surface area contributed by atoms with Gasteiger partial charge in [-0.15, -0.1) is 10.2 Å². The summed E-state index contributed by atoms with van der Waals surface area (Å²) in [5.41, 5.74) is 0.293. The van der Waals surface area contributed by atoms with Crippen LogP contribution in [-0.2, 0) is 0 Å². The fourth-order valence-electron chi connectivity index (χ4n) is 1.77. The number of rotatable bonds is 5. The zero-order valence-electron chi connectivity index (χ0n) is 12.1. The van der Waals surface area contributed by atoms with Gasteiger partial charge in [0.1, 0.15) is 5.01 Å². The molecule has 1 aromatic carbocycles. The maximum Gasteiger partial charge on any atom is 0.283 e. The molecule has 8 heteroatoms. The SMILES string of the molecule is COc1cc(-c2nnc(C(C)C)s2)c([N+](=O)[O-])cc1OC. The quantitative estimate of drug-likeness (QED) is 0.622. The first-order valence-electron chi connectivity index (χ1n) is 6.22. The van der Waals surface area contributed by atoms with Gasteiger partial charge in [0.05, 0.1) is 30.8 Å². The van der Waals surface area contributed by atoms with E-state index in [2.05, 4.69) is 10.2 Å². The summed E-state index contributed by atoms with van der Waals surface area (Å²) >= 11 is 1.34. The molecule has 2 rings (SSSR count). The summed E-state index contributed by atoms with van der Waals surface area (Å²) in [6.45, 7) is 3.99. The first-order valence-corrected chi connectivity index (χ1v) is 7.03. The fourth-order valence-corrected chi connectivity index (χ4v) is 2.64. The minimum absolute atomic E-state index is 0.0842. The molecule has 0 amide bonds. The number of hydrogen-bond donors (Lipinski definition) is 0. The summed E-state index contributed by atoms with van der Waals surface area (Å²) < 4.78 is 10.3. The van der Waals surface area contributed by atoms with Gasteiger partial charge < -0.3 is 9.47 Å². The molecular formula is C13H15N3O4S. The van der Waals surface area contributed by atoms with E-state index in [1.165, 1.54) is 31.6 Å². The van der Waals surface area contributed by atoms with Gasteiger partial charge in [-0.05, 0) is 0 Å². The topological polar surface area (TPSA) is 87.4 Å². The van der Waals surface area contributed by atoms with Crippen LogP contribution in [-0.4, -0.2) is 29.3 Å². The molecular weight excluding hydrogens is 294 g/mol. The van der Waals surface area contributed by atoms with Crippen molar-refractivity contribution in [3.05, 3.63) is 27.3 Å². The third-order valence-electron chi connectivity index (χ3n) is 2.86. The van der Waals surface area contributed by atoms with Crippen LogP contribution in [0, 0.1) is 10.1 Å². The smallest absolute Gasteiger partial charge is 0.283 e. The Balaban J connectivity index is 2.62. The highest BCUT2D eigenvalue weighted by molar-refractivity contribution is 7.14. The molecule has 0 unspecified atom stereocenters. The Morgan fingerprint density at radius 3 is 2.29 bits per heavy atom. The predicted octanol–water partition coefficient (Wildman–Crippen LogP) is 3.25. The number of methoxy groups -OCH3 is 2. The van der Waals surface area contributed by atoms with E-state index in [0.29, 0.717) is 22.1 Å². The van der Waals surface area contributed by atoms with Crippen LogP contribution in [0.15, 0.2) is 12.1 Å². The first-order chi connectivity index (χ1) is 9.97. The molecule has 112 valence electrons. The average molecular weight is 309 g/mol. The second-order valence-corrected chi connectivity index (χ2v) is 5.59. The second kappa shape index (κ2) is 6.04. The Bertz CT molecular complexity index is 669. The van der Waals surface area contributed by atoms with Crippen molar-refractivity contribution in [3.63, 3.8) is 0 Å². The van der Waals surface area contributed by atoms with Gasteiger partial charge in [-0.25, -0.2) is 0 Å². The van der Waals surface area contributed by atoms with E-state index in [0.717, 1.165) is 5.01 Å². The van der Waals surface area contributed by atoms with E-state index in [1.807, 2.05) is 13.8 Å². The molecule has 0 aliphatic carbocycles. The molecule has 0 aliphatic rings. The maximum absolute atomic E-state index is 11.3. The van der Waals surface area contributed by atoms with Gasteiger partial charge in [-0.2, -0.15) is 0 Å². The van der Waals surface area contributed by atoms with Crippen molar-refractivity contribution in [2.45, 2.75) is 19.8 Å². The van der Waals surface area contributed by atoms with E-state index in [1.54, 1.807) is 6.07 Å². The summed E-state index contributed by atoms with van der Waals surface area (Å²) in [5.74, 6) is 0.941. The van der Waals surface area contributed by atoms with Crippen LogP contribution in [0.4, 0.5) is 5.69 Å². The molecule has 1 aromatic heterocycles. The van der Waals surface area contributed by atoms with Crippen molar-refractivity contribution < 1.29 is 14.4 Å². The number of ether oxygens (including phenoxy) is 2. The van der Waals surface area contributed by atoms with E-state index in [9.17, 15) is 10.1 Å². The van der Waals surface area contributed by atoms with Crippen molar-refractivity contribution in [1.82, 2.24) is 10.2 Å². The summed E-state index contributed by atoms with van der Waals surface area (Å²) in [6, 6.07) is 2.90. The third-order valence-corrected chi connectivity index (χ3v) is 4.12. The Morgan fingerprint density at radius 2 is 1.81 bits per heavy atom. The van der Waals surface area contributed by atoms with Crippen LogP contribution in [0.25, 0.3) is 10.6 Å². The van der Waals surface area contributed by atoms with E-state index < -0.39 is 4.92 Å². The lowest BCUT2D eigenvalue weighted by atomic mass is 10.1. The average Bonchev–Trinajstić information content (AvgIpc) is 2.95. The van der Waals surface area contributed by atoms with Gasteiger partial charge in [0.2, 0.25) is 0 Å². The molecule has 0 aliphatic heterocycles. The zero-order valence-corrected chi connectivity index (χ0v) is 12.9. The monoisotopic (exact) mass is 309 g/mol. The predicted molar refractivity (Wildman–Crippen MR) is 79.2 cm³/mol. The van der Waals surface area contributed by atoms with E-state index in [-0.39, 0.29) is 11.6 Å². The van der Waals surface area contributed by atoms with Gasteiger partial charge in [0, 0.05) is 12.0 Å². The minimum atomic E-state index is -0.465. The molecule has 0 saturated heterocycles. The molecule has 0 saturated carbocycles.